The van der Waals surface area contributed by atoms with Crippen LogP contribution in [0.15, 0.2) is 77.6 Å². The summed E-state index contributed by atoms with van der Waals surface area (Å²) < 4.78 is 6.85. The number of para-hydroxylation sites is 1. The molecule has 0 fully saturated rings. The van der Waals surface area contributed by atoms with Gasteiger partial charge in [0.15, 0.2) is 6.61 Å². The van der Waals surface area contributed by atoms with Gasteiger partial charge >= 0.3 is 5.97 Å². The van der Waals surface area contributed by atoms with Crippen LogP contribution in [0.1, 0.15) is 51.5 Å². The molecule has 5 rings (SSSR count). The number of hydrogen-bond acceptors (Lipinski definition) is 6. The van der Waals surface area contributed by atoms with Gasteiger partial charge in [-0.2, -0.15) is 0 Å². The molecule has 2 N–H and O–H groups in total. The van der Waals surface area contributed by atoms with Crippen molar-refractivity contribution in [2.45, 2.75) is 32.4 Å². The number of anilines is 1. The average molecular weight is 511 g/mol. The van der Waals surface area contributed by atoms with E-state index < -0.39 is 18.5 Å². The lowest BCUT2D eigenvalue weighted by molar-refractivity contribution is -0.119. The molecule has 0 aliphatic carbocycles. The Kier molecular flexibility index (Phi) is 6.99. The van der Waals surface area contributed by atoms with Gasteiger partial charge in [-0.3, -0.25) is 19.0 Å². The van der Waals surface area contributed by atoms with Gasteiger partial charge in [0.25, 0.3) is 17.4 Å². The van der Waals surface area contributed by atoms with Crippen LogP contribution in [-0.2, 0) is 22.5 Å². The molecule has 0 bridgehead atoms. The molecule has 0 saturated carbocycles. The van der Waals surface area contributed by atoms with Crippen molar-refractivity contribution in [3.05, 3.63) is 106 Å². The first-order valence-corrected chi connectivity index (χ1v) is 12.4. The molecule has 9 heteroatoms. The molecule has 0 radical (unpaired) electrons. The van der Waals surface area contributed by atoms with Gasteiger partial charge in [0.05, 0.1) is 33.8 Å². The number of nitrogens with zero attached hydrogens (tertiary/aromatic N) is 2. The average Bonchev–Trinajstić information content (AvgIpc) is 3.41. The minimum absolute atomic E-state index is 0.123. The number of esters is 1. The SMILES string of the molecule is CC(NC(=O)c1ccccc1NC(=O)COC(=O)c1ccc2c(=O)n3c(nc2c1)CCC3)c1ccccc1. The molecule has 1 atom stereocenters. The summed E-state index contributed by atoms with van der Waals surface area (Å²) >= 11 is 0. The fraction of sp³-hybridized carbons (Fsp3) is 0.207. The van der Waals surface area contributed by atoms with Crippen LogP contribution in [0.5, 0.6) is 0 Å². The molecule has 3 aromatic carbocycles. The highest BCUT2D eigenvalue weighted by Crippen LogP contribution is 2.19. The number of amides is 2. The molecule has 1 aliphatic rings. The molecule has 1 aliphatic heterocycles. The summed E-state index contributed by atoms with van der Waals surface area (Å²) in [4.78, 5) is 55.2. The van der Waals surface area contributed by atoms with Crippen LogP contribution >= 0.6 is 0 Å². The monoisotopic (exact) mass is 510 g/mol. The Balaban J connectivity index is 1.22. The normalized spacial score (nSPS) is 13.0. The zero-order chi connectivity index (χ0) is 26.6. The number of hydrogen-bond donors (Lipinski definition) is 2. The molecule has 0 spiro atoms. The standard InChI is InChI=1S/C29H26N4O5/c1-18(19-8-3-2-4-9-19)30-27(35)21-10-5-6-11-23(21)32-26(34)17-38-29(37)20-13-14-22-24(16-20)31-25-12-7-15-33(25)28(22)36/h2-6,8-11,13-14,16,18H,7,12,15,17H2,1H3,(H,30,35)(H,32,34). The Hall–Kier alpha value is -4.79. The highest BCUT2D eigenvalue weighted by molar-refractivity contribution is 6.04. The van der Waals surface area contributed by atoms with Crippen LogP contribution in [0, 0.1) is 0 Å². The second-order valence-corrected chi connectivity index (χ2v) is 9.10. The van der Waals surface area contributed by atoms with Crippen molar-refractivity contribution in [3.8, 4) is 0 Å². The zero-order valence-corrected chi connectivity index (χ0v) is 20.8. The minimum atomic E-state index is -0.716. The van der Waals surface area contributed by atoms with Gasteiger partial charge in [0.1, 0.15) is 5.82 Å². The summed E-state index contributed by atoms with van der Waals surface area (Å²) in [6.07, 6.45) is 1.57. The Bertz CT molecular complexity index is 1600. The number of benzene rings is 3. The van der Waals surface area contributed by atoms with E-state index in [1.54, 1.807) is 34.9 Å². The van der Waals surface area contributed by atoms with Gasteiger partial charge in [-0.1, -0.05) is 42.5 Å². The molecule has 2 amide bonds. The largest absolute Gasteiger partial charge is 0.452 e. The van der Waals surface area contributed by atoms with Gasteiger partial charge in [0.2, 0.25) is 0 Å². The van der Waals surface area contributed by atoms with Gasteiger partial charge in [0, 0.05) is 13.0 Å². The predicted molar refractivity (Wildman–Crippen MR) is 142 cm³/mol. The molecular weight excluding hydrogens is 484 g/mol. The first-order valence-electron chi connectivity index (χ1n) is 12.4. The highest BCUT2D eigenvalue weighted by atomic mass is 16.5. The van der Waals surface area contributed by atoms with Crippen LogP contribution in [0.25, 0.3) is 10.9 Å². The van der Waals surface area contributed by atoms with E-state index >= 15 is 0 Å². The number of nitrogens with one attached hydrogen (secondary N) is 2. The summed E-state index contributed by atoms with van der Waals surface area (Å²) in [5, 5.41) is 6.00. The number of aryl methyl sites for hydroxylation is 1. The van der Waals surface area contributed by atoms with E-state index in [0.717, 1.165) is 12.0 Å². The number of fused-ring (bicyclic) bond motifs is 2. The van der Waals surface area contributed by atoms with Crippen LogP contribution in [0.2, 0.25) is 0 Å². The maximum Gasteiger partial charge on any atom is 0.338 e. The molecule has 192 valence electrons. The van der Waals surface area contributed by atoms with Crippen molar-refractivity contribution < 1.29 is 19.1 Å². The maximum absolute atomic E-state index is 12.9. The van der Waals surface area contributed by atoms with Gasteiger partial charge in [-0.05, 0) is 49.2 Å². The van der Waals surface area contributed by atoms with Crippen molar-refractivity contribution in [2.75, 3.05) is 11.9 Å². The third-order valence-corrected chi connectivity index (χ3v) is 6.48. The summed E-state index contributed by atoms with van der Waals surface area (Å²) in [6, 6.07) is 20.5. The van der Waals surface area contributed by atoms with Crippen molar-refractivity contribution in [2.24, 2.45) is 0 Å². The first kappa shape index (κ1) is 24.9. The van der Waals surface area contributed by atoms with Gasteiger partial charge in [-0.15, -0.1) is 0 Å². The Morgan fingerprint density at radius 3 is 2.61 bits per heavy atom. The van der Waals surface area contributed by atoms with Crippen LogP contribution in [0.4, 0.5) is 5.69 Å². The Morgan fingerprint density at radius 1 is 1.03 bits per heavy atom. The smallest absolute Gasteiger partial charge is 0.338 e. The molecule has 1 aromatic heterocycles. The quantitative estimate of drug-likeness (QED) is 0.367. The highest BCUT2D eigenvalue weighted by Gasteiger charge is 2.19. The van der Waals surface area contributed by atoms with E-state index in [1.807, 2.05) is 37.3 Å². The lowest BCUT2D eigenvalue weighted by atomic mass is 10.1. The number of ether oxygens (including phenoxy) is 1. The van der Waals surface area contributed by atoms with Crippen molar-refractivity contribution in [3.63, 3.8) is 0 Å². The van der Waals surface area contributed by atoms with E-state index in [2.05, 4.69) is 15.6 Å². The summed E-state index contributed by atoms with van der Waals surface area (Å²) in [7, 11) is 0. The third-order valence-electron chi connectivity index (χ3n) is 6.48. The van der Waals surface area contributed by atoms with E-state index in [9.17, 15) is 19.2 Å². The van der Waals surface area contributed by atoms with Gasteiger partial charge in [-0.25, -0.2) is 9.78 Å². The molecule has 2 heterocycles. The van der Waals surface area contributed by atoms with Gasteiger partial charge < -0.3 is 15.4 Å². The van der Waals surface area contributed by atoms with Crippen LogP contribution in [0.3, 0.4) is 0 Å². The fourth-order valence-electron chi connectivity index (χ4n) is 4.50. The van der Waals surface area contributed by atoms with Crippen LogP contribution < -0.4 is 16.2 Å². The topological polar surface area (TPSA) is 119 Å². The summed E-state index contributed by atoms with van der Waals surface area (Å²) in [5.41, 5.74) is 2.03. The van der Waals surface area contributed by atoms with E-state index in [-0.39, 0.29) is 28.6 Å². The fourth-order valence-corrected chi connectivity index (χ4v) is 4.50. The molecule has 4 aromatic rings. The van der Waals surface area contributed by atoms with Crippen molar-refractivity contribution in [1.29, 1.82) is 0 Å². The molecule has 9 nitrogen and oxygen atoms in total. The lowest BCUT2D eigenvalue weighted by Crippen LogP contribution is -2.28. The maximum atomic E-state index is 12.9. The second-order valence-electron chi connectivity index (χ2n) is 9.10. The Labute approximate surface area is 218 Å². The number of carbonyl (C=O) groups excluding carboxylic acids is 3. The van der Waals surface area contributed by atoms with E-state index in [4.69, 9.17) is 4.74 Å². The second kappa shape index (κ2) is 10.7. The van der Waals surface area contributed by atoms with Crippen molar-refractivity contribution >= 4 is 34.4 Å². The Morgan fingerprint density at radius 2 is 1.79 bits per heavy atom. The third kappa shape index (κ3) is 5.17. The van der Waals surface area contributed by atoms with Crippen LogP contribution in [-0.4, -0.2) is 33.9 Å². The van der Waals surface area contributed by atoms with Crippen molar-refractivity contribution in [1.82, 2.24) is 14.9 Å². The predicted octanol–water partition coefficient (Wildman–Crippen LogP) is 3.63. The number of carbonyl (C=O) groups is 3. The lowest BCUT2D eigenvalue weighted by Gasteiger charge is -2.16. The number of aromatic nitrogens is 2. The summed E-state index contributed by atoms with van der Waals surface area (Å²) in [5.74, 6) is -0.953. The number of rotatable bonds is 7. The van der Waals surface area contributed by atoms with E-state index in [0.29, 0.717) is 35.4 Å². The minimum Gasteiger partial charge on any atom is -0.452 e. The summed E-state index contributed by atoms with van der Waals surface area (Å²) in [6.45, 7) is 1.97. The molecular formula is C29H26N4O5. The molecule has 38 heavy (non-hydrogen) atoms. The van der Waals surface area contributed by atoms with E-state index in [1.165, 1.54) is 12.1 Å². The zero-order valence-electron chi connectivity index (χ0n) is 20.8. The first-order chi connectivity index (χ1) is 18.4. The molecule has 0 saturated heterocycles. The molecule has 1 unspecified atom stereocenters.